The van der Waals surface area contributed by atoms with Gasteiger partial charge >= 0.3 is 0 Å². The fourth-order valence-electron chi connectivity index (χ4n) is 1.78. The van der Waals surface area contributed by atoms with Crippen LogP contribution < -0.4 is 5.73 Å². The Kier molecular flexibility index (Phi) is 1.89. The van der Waals surface area contributed by atoms with Gasteiger partial charge in [0, 0.05) is 6.08 Å². The fraction of sp³-hybridized carbons (Fsp3) is 0.182. The second-order valence-electron chi connectivity index (χ2n) is 3.23. The van der Waals surface area contributed by atoms with Gasteiger partial charge in [0.15, 0.2) is 0 Å². The summed E-state index contributed by atoms with van der Waals surface area (Å²) < 4.78 is 0. The van der Waals surface area contributed by atoms with Crippen LogP contribution in [0.5, 0.6) is 0 Å². The lowest BCUT2D eigenvalue weighted by Crippen LogP contribution is -2.06. The van der Waals surface area contributed by atoms with Crippen molar-refractivity contribution in [3.63, 3.8) is 0 Å². The molecule has 13 heavy (non-hydrogen) atoms. The van der Waals surface area contributed by atoms with Crippen molar-refractivity contribution >= 4 is 11.5 Å². The van der Waals surface area contributed by atoms with Gasteiger partial charge in [0.25, 0.3) is 0 Å². The molecule has 0 atom stereocenters. The molecule has 0 aliphatic heterocycles. The molecule has 2 heteroatoms. The van der Waals surface area contributed by atoms with E-state index < -0.39 is 0 Å². The summed E-state index contributed by atoms with van der Waals surface area (Å²) in [5.41, 5.74) is 8.68. The maximum atomic E-state index is 10.7. The molecule has 0 spiro atoms. The average molecular weight is 173 g/mol. The number of rotatable bonds is 1. The van der Waals surface area contributed by atoms with E-state index in [0.717, 1.165) is 18.4 Å². The van der Waals surface area contributed by atoms with Gasteiger partial charge in [0.1, 0.15) is 0 Å². The van der Waals surface area contributed by atoms with Crippen molar-refractivity contribution in [3.05, 3.63) is 41.5 Å². The van der Waals surface area contributed by atoms with Gasteiger partial charge in [0.2, 0.25) is 5.91 Å². The third kappa shape index (κ3) is 1.47. The molecule has 1 aromatic rings. The Morgan fingerprint density at radius 3 is 2.85 bits per heavy atom. The minimum absolute atomic E-state index is 0.355. The van der Waals surface area contributed by atoms with Crippen molar-refractivity contribution in [3.8, 4) is 0 Å². The van der Waals surface area contributed by atoms with E-state index in [1.807, 2.05) is 18.2 Å². The Morgan fingerprint density at radius 2 is 2.08 bits per heavy atom. The lowest BCUT2D eigenvalue weighted by Gasteiger charge is -1.98. The summed E-state index contributed by atoms with van der Waals surface area (Å²) in [6.07, 6.45) is 3.49. The van der Waals surface area contributed by atoms with E-state index in [1.54, 1.807) is 0 Å². The number of allylic oxidation sites excluding steroid dienone is 1. The number of primary amides is 1. The Balaban J connectivity index is 2.44. The molecular weight excluding hydrogens is 162 g/mol. The molecule has 2 nitrogen and oxygen atoms in total. The van der Waals surface area contributed by atoms with Crippen LogP contribution in [0.1, 0.15) is 17.5 Å². The monoisotopic (exact) mass is 173 g/mol. The third-order valence-electron chi connectivity index (χ3n) is 2.34. The molecule has 0 unspecified atom stereocenters. The van der Waals surface area contributed by atoms with Crippen molar-refractivity contribution < 1.29 is 4.79 Å². The van der Waals surface area contributed by atoms with E-state index >= 15 is 0 Å². The summed E-state index contributed by atoms with van der Waals surface area (Å²) in [6.45, 7) is 0. The zero-order valence-corrected chi connectivity index (χ0v) is 7.29. The number of carbonyl (C=O) groups is 1. The fourth-order valence-corrected chi connectivity index (χ4v) is 1.78. The molecule has 1 aliphatic carbocycles. The van der Waals surface area contributed by atoms with Crippen LogP contribution in [0.25, 0.3) is 5.57 Å². The van der Waals surface area contributed by atoms with E-state index in [0.29, 0.717) is 0 Å². The molecule has 0 saturated heterocycles. The summed E-state index contributed by atoms with van der Waals surface area (Å²) in [5, 5.41) is 0. The predicted molar refractivity (Wildman–Crippen MR) is 51.9 cm³/mol. The molecule has 0 fully saturated rings. The second-order valence-corrected chi connectivity index (χ2v) is 3.23. The second kappa shape index (κ2) is 3.05. The summed E-state index contributed by atoms with van der Waals surface area (Å²) in [4.78, 5) is 10.7. The SMILES string of the molecule is NC(=O)/C=C1\CCc2ccccc21. The highest BCUT2D eigenvalue weighted by molar-refractivity contribution is 5.95. The number of amides is 1. The van der Waals surface area contributed by atoms with Gasteiger partial charge in [-0.15, -0.1) is 0 Å². The smallest absolute Gasteiger partial charge is 0.241 e. The van der Waals surface area contributed by atoms with Crippen molar-refractivity contribution in [2.24, 2.45) is 5.73 Å². The minimum atomic E-state index is -0.355. The molecule has 66 valence electrons. The largest absolute Gasteiger partial charge is 0.366 e. The number of carbonyl (C=O) groups excluding carboxylic acids is 1. The van der Waals surface area contributed by atoms with Gasteiger partial charge in [0.05, 0.1) is 0 Å². The van der Waals surface area contributed by atoms with E-state index in [2.05, 4.69) is 6.07 Å². The highest BCUT2D eigenvalue weighted by Crippen LogP contribution is 2.31. The molecule has 1 aliphatic rings. The van der Waals surface area contributed by atoms with Crippen molar-refractivity contribution in [1.29, 1.82) is 0 Å². The summed E-state index contributed by atoms with van der Waals surface area (Å²) >= 11 is 0. The average Bonchev–Trinajstić information content (AvgIpc) is 2.48. The molecule has 0 radical (unpaired) electrons. The van der Waals surface area contributed by atoms with Crippen LogP contribution in [0.2, 0.25) is 0 Å². The van der Waals surface area contributed by atoms with Crippen LogP contribution in [-0.2, 0) is 11.2 Å². The molecular formula is C11H11NO. The normalized spacial score (nSPS) is 17.4. The van der Waals surface area contributed by atoms with Crippen LogP contribution in [0.4, 0.5) is 0 Å². The van der Waals surface area contributed by atoms with Crippen LogP contribution in [0.15, 0.2) is 30.3 Å². The molecule has 2 N–H and O–H groups in total. The van der Waals surface area contributed by atoms with Gasteiger partial charge in [-0.2, -0.15) is 0 Å². The number of hydrogen-bond acceptors (Lipinski definition) is 1. The van der Waals surface area contributed by atoms with Crippen molar-refractivity contribution in [2.45, 2.75) is 12.8 Å². The van der Waals surface area contributed by atoms with E-state index in [-0.39, 0.29) is 5.91 Å². The molecule has 2 rings (SSSR count). The van der Waals surface area contributed by atoms with Crippen LogP contribution in [0, 0.1) is 0 Å². The Labute approximate surface area is 77.1 Å². The zero-order valence-electron chi connectivity index (χ0n) is 7.29. The standard InChI is InChI=1S/C11H11NO/c12-11(13)7-9-6-5-8-3-1-2-4-10(8)9/h1-4,7H,5-6H2,(H2,12,13)/b9-7+. The first-order valence-electron chi connectivity index (χ1n) is 4.35. The summed E-state index contributed by atoms with van der Waals surface area (Å²) in [5.74, 6) is -0.355. The zero-order chi connectivity index (χ0) is 9.26. The highest BCUT2D eigenvalue weighted by atomic mass is 16.1. The summed E-state index contributed by atoms with van der Waals surface area (Å²) in [6, 6.07) is 8.14. The first kappa shape index (κ1) is 8.05. The maximum Gasteiger partial charge on any atom is 0.241 e. The van der Waals surface area contributed by atoms with Crippen LogP contribution in [0.3, 0.4) is 0 Å². The van der Waals surface area contributed by atoms with Gasteiger partial charge in [-0.1, -0.05) is 24.3 Å². The lowest BCUT2D eigenvalue weighted by atomic mass is 10.1. The number of nitrogens with two attached hydrogens (primary N) is 1. The Morgan fingerprint density at radius 1 is 1.31 bits per heavy atom. The van der Waals surface area contributed by atoms with Crippen LogP contribution >= 0.6 is 0 Å². The van der Waals surface area contributed by atoms with Gasteiger partial charge in [-0.3, -0.25) is 4.79 Å². The molecule has 0 heterocycles. The first-order chi connectivity index (χ1) is 6.27. The number of benzene rings is 1. The van der Waals surface area contributed by atoms with Crippen molar-refractivity contribution in [1.82, 2.24) is 0 Å². The first-order valence-corrected chi connectivity index (χ1v) is 4.35. The molecule has 1 aromatic carbocycles. The number of fused-ring (bicyclic) bond motifs is 1. The molecule has 0 aromatic heterocycles. The topological polar surface area (TPSA) is 43.1 Å². The third-order valence-corrected chi connectivity index (χ3v) is 2.34. The van der Waals surface area contributed by atoms with E-state index in [4.69, 9.17) is 5.73 Å². The number of aryl methyl sites for hydroxylation is 1. The maximum absolute atomic E-state index is 10.7. The van der Waals surface area contributed by atoms with Gasteiger partial charge in [-0.05, 0) is 29.5 Å². The minimum Gasteiger partial charge on any atom is -0.366 e. The lowest BCUT2D eigenvalue weighted by molar-refractivity contribution is -0.113. The molecule has 0 saturated carbocycles. The van der Waals surface area contributed by atoms with Gasteiger partial charge < -0.3 is 5.73 Å². The molecule has 0 bridgehead atoms. The van der Waals surface area contributed by atoms with E-state index in [9.17, 15) is 4.79 Å². The van der Waals surface area contributed by atoms with Gasteiger partial charge in [-0.25, -0.2) is 0 Å². The van der Waals surface area contributed by atoms with Crippen molar-refractivity contribution in [2.75, 3.05) is 0 Å². The Hall–Kier alpha value is -1.57. The quantitative estimate of drug-likeness (QED) is 0.642. The summed E-state index contributed by atoms with van der Waals surface area (Å²) in [7, 11) is 0. The Bertz CT molecular complexity index is 379. The van der Waals surface area contributed by atoms with E-state index in [1.165, 1.54) is 17.2 Å². The number of hydrogen-bond donors (Lipinski definition) is 1. The molecule has 1 amide bonds. The van der Waals surface area contributed by atoms with Crippen LogP contribution in [-0.4, -0.2) is 5.91 Å². The highest BCUT2D eigenvalue weighted by Gasteiger charge is 2.15. The predicted octanol–water partition coefficient (Wildman–Crippen LogP) is 1.50.